The van der Waals surface area contributed by atoms with Crippen molar-refractivity contribution in [2.75, 3.05) is 25.2 Å². The number of hydrogen-bond acceptors (Lipinski definition) is 5. The van der Waals surface area contributed by atoms with Gasteiger partial charge in [-0.15, -0.1) is 11.3 Å². The summed E-state index contributed by atoms with van der Waals surface area (Å²) in [5.74, 6) is -0.701. The Morgan fingerprint density at radius 3 is 2.67 bits per heavy atom. The first-order valence-electron chi connectivity index (χ1n) is 8.60. The van der Waals surface area contributed by atoms with Crippen LogP contribution in [0.5, 0.6) is 0 Å². The summed E-state index contributed by atoms with van der Waals surface area (Å²) in [6.45, 7) is 5.35. The molecule has 0 atom stereocenters. The Morgan fingerprint density at radius 1 is 1.30 bits per heavy atom. The highest BCUT2D eigenvalue weighted by atomic mass is 32.1. The van der Waals surface area contributed by atoms with Crippen molar-refractivity contribution in [3.05, 3.63) is 46.2 Å². The molecule has 0 radical (unpaired) electrons. The van der Waals surface area contributed by atoms with Gasteiger partial charge in [0.05, 0.1) is 29.1 Å². The molecule has 1 fully saturated rings. The third-order valence-electron chi connectivity index (χ3n) is 4.63. The van der Waals surface area contributed by atoms with Crippen LogP contribution >= 0.6 is 11.3 Å². The molecule has 1 aliphatic heterocycles. The number of ether oxygens (including phenoxy) is 2. The topological polar surface area (TPSA) is 87.7 Å². The van der Waals surface area contributed by atoms with Gasteiger partial charge in [-0.2, -0.15) is 0 Å². The number of aromatic nitrogens is 2. The van der Waals surface area contributed by atoms with Crippen molar-refractivity contribution < 1.29 is 19.4 Å². The monoisotopic (exact) mass is 387 g/mol. The second kappa shape index (κ2) is 6.33. The summed E-state index contributed by atoms with van der Waals surface area (Å²) >= 11 is 1.58. The largest absolute Gasteiger partial charge is 0.465 e. The zero-order valence-electron chi connectivity index (χ0n) is 15.4. The van der Waals surface area contributed by atoms with Gasteiger partial charge >= 0.3 is 6.09 Å². The molecule has 1 saturated heterocycles. The van der Waals surface area contributed by atoms with Crippen molar-refractivity contribution >= 4 is 34.4 Å². The zero-order valence-corrected chi connectivity index (χ0v) is 16.2. The predicted octanol–water partition coefficient (Wildman–Crippen LogP) is 4.01. The number of amides is 1. The van der Waals surface area contributed by atoms with Gasteiger partial charge in [-0.25, -0.2) is 9.78 Å². The molecule has 1 aliphatic rings. The van der Waals surface area contributed by atoms with Gasteiger partial charge in [-0.1, -0.05) is 26.0 Å². The van der Waals surface area contributed by atoms with Crippen LogP contribution in [0.15, 0.2) is 35.7 Å². The van der Waals surface area contributed by atoms with Crippen LogP contribution in [-0.4, -0.2) is 41.4 Å². The van der Waals surface area contributed by atoms with E-state index in [1.54, 1.807) is 11.3 Å². The lowest BCUT2D eigenvalue weighted by atomic mass is 9.92. The number of benzene rings is 1. The maximum atomic E-state index is 11.2. The van der Waals surface area contributed by atoms with Crippen LogP contribution < -0.4 is 4.90 Å². The van der Waals surface area contributed by atoms with E-state index < -0.39 is 11.9 Å². The van der Waals surface area contributed by atoms with E-state index in [0.717, 1.165) is 20.9 Å². The number of thiophene rings is 1. The molecule has 8 heteroatoms. The van der Waals surface area contributed by atoms with Crippen LogP contribution in [0.4, 0.5) is 10.7 Å². The average molecular weight is 387 g/mol. The maximum absolute atomic E-state index is 11.2. The standard InChI is InChI=1S/C19H21N3O4S/c1-18(2)10-25-19(26-11-18,15-5-4-8-27-15)12-6-7-13-14(9-12)21-16(20-13)22(3)17(23)24/h4-9H,10-11H2,1-3H3,(H,20,21)(H,23,24). The van der Waals surface area contributed by atoms with Crippen LogP contribution in [0.2, 0.25) is 0 Å². The average Bonchev–Trinajstić information content (AvgIpc) is 3.30. The summed E-state index contributed by atoms with van der Waals surface area (Å²) < 4.78 is 12.6. The number of carbonyl (C=O) groups is 1. The molecule has 0 spiro atoms. The predicted molar refractivity (Wildman–Crippen MR) is 103 cm³/mol. The van der Waals surface area contributed by atoms with Crippen molar-refractivity contribution in [2.45, 2.75) is 19.6 Å². The fourth-order valence-corrected chi connectivity index (χ4v) is 3.90. The first-order chi connectivity index (χ1) is 12.8. The molecule has 0 unspecified atom stereocenters. The number of imidazole rings is 1. The number of anilines is 1. The van der Waals surface area contributed by atoms with Gasteiger partial charge in [0.15, 0.2) is 0 Å². The van der Waals surface area contributed by atoms with Crippen molar-refractivity contribution in [3.8, 4) is 0 Å². The van der Waals surface area contributed by atoms with Crippen LogP contribution in [-0.2, 0) is 15.3 Å². The van der Waals surface area contributed by atoms with Crippen LogP contribution in [0.25, 0.3) is 11.0 Å². The number of carboxylic acid groups (broad SMARTS) is 1. The van der Waals surface area contributed by atoms with Crippen LogP contribution in [0.3, 0.4) is 0 Å². The highest BCUT2D eigenvalue weighted by molar-refractivity contribution is 7.10. The van der Waals surface area contributed by atoms with E-state index >= 15 is 0 Å². The van der Waals surface area contributed by atoms with Gasteiger partial charge in [0.25, 0.3) is 0 Å². The fourth-order valence-electron chi connectivity index (χ4n) is 3.04. The van der Waals surface area contributed by atoms with Gasteiger partial charge in [0.2, 0.25) is 11.7 Å². The first-order valence-corrected chi connectivity index (χ1v) is 9.47. The highest BCUT2D eigenvalue weighted by Crippen LogP contribution is 2.43. The molecule has 0 saturated carbocycles. The highest BCUT2D eigenvalue weighted by Gasteiger charge is 2.44. The molecular weight excluding hydrogens is 366 g/mol. The molecule has 3 aromatic rings. The van der Waals surface area contributed by atoms with Gasteiger partial charge in [0.1, 0.15) is 0 Å². The Hall–Kier alpha value is -2.42. The molecule has 0 aliphatic carbocycles. The minimum Gasteiger partial charge on any atom is -0.465 e. The minimum atomic E-state index is -1.08. The van der Waals surface area contributed by atoms with Gasteiger partial charge in [-0.3, -0.25) is 4.90 Å². The Kier molecular flexibility index (Phi) is 4.21. The zero-order chi connectivity index (χ0) is 19.2. The van der Waals surface area contributed by atoms with Crippen LogP contribution in [0.1, 0.15) is 24.3 Å². The molecule has 1 amide bonds. The van der Waals surface area contributed by atoms with Crippen molar-refractivity contribution in [1.29, 1.82) is 0 Å². The molecule has 1 aromatic carbocycles. The molecule has 2 N–H and O–H groups in total. The van der Waals surface area contributed by atoms with Gasteiger partial charge in [-0.05, 0) is 23.6 Å². The second-order valence-corrected chi connectivity index (χ2v) is 8.42. The molecule has 7 nitrogen and oxygen atoms in total. The Labute approximate surface area is 160 Å². The smallest absolute Gasteiger partial charge is 0.413 e. The maximum Gasteiger partial charge on any atom is 0.413 e. The molecule has 27 heavy (non-hydrogen) atoms. The fraction of sp³-hybridized carbons (Fsp3) is 0.368. The minimum absolute atomic E-state index is 0.0593. The van der Waals surface area contributed by atoms with Crippen molar-refractivity contribution in [2.24, 2.45) is 5.41 Å². The first kappa shape index (κ1) is 18.0. The number of fused-ring (bicyclic) bond motifs is 1. The summed E-state index contributed by atoms with van der Waals surface area (Å²) in [6.07, 6.45) is -1.08. The molecule has 3 heterocycles. The quantitative estimate of drug-likeness (QED) is 0.709. The van der Waals surface area contributed by atoms with E-state index in [0.29, 0.717) is 18.7 Å². The number of rotatable bonds is 3. The lowest BCUT2D eigenvalue weighted by Gasteiger charge is -2.43. The van der Waals surface area contributed by atoms with Crippen molar-refractivity contribution in [3.63, 3.8) is 0 Å². The van der Waals surface area contributed by atoms with Crippen molar-refractivity contribution in [1.82, 2.24) is 9.97 Å². The SMILES string of the molecule is CN(C(=O)O)c1nc2ccc(C3(c4cccs4)OCC(C)(C)CO3)cc2[nH]1. The van der Waals surface area contributed by atoms with E-state index in [2.05, 4.69) is 23.8 Å². The second-order valence-electron chi connectivity index (χ2n) is 7.47. The van der Waals surface area contributed by atoms with E-state index in [-0.39, 0.29) is 11.4 Å². The molecular formula is C19H21N3O4S. The Bertz CT molecular complexity index is 970. The number of aromatic amines is 1. The van der Waals surface area contributed by atoms with E-state index in [4.69, 9.17) is 14.6 Å². The molecule has 2 aromatic heterocycles. The number of nitrogens with zero attached hydrogens (tertiary/aromatic N) is 2. The van der Waals surface area contributed by atoms with E-state index in [9.17, 15) is 4.79 Å². The summed E-state index contributed by atoms with van der Waals surface area (Å²) in [6, 6.07) is 9.67. The molecule has 142 valence electrons. The number of H-pyrrole nitrogens is 1. The molecule has 4 rings (SSSR count). The van der Waals surface area contributed by atoms with E-state index in [1.165, 1.54) is 7.05 Å². The van der Waals surface area contributed by atoms with E-state index in [1.807, 2.05) is 35.7 Å². The number of hydrogen-bond donors (Lipinski definition) is 2. The van der Waals surface area contributed by atoms with Crippen LogP contribution in [0, 0.1) is 5.41 Å². The normalized spacial score (nSPS) is 18.5. The third-order valence-corrected chi connectivity index (χ3v) is 5.58. The summed E-state index contributed by atoms with van der Waals surface area (Å²) in [7, 11) is 1.45. The Balaban J connectivity index is 1.79. The lowest BCUT2D eigenvalue weighted by molar-refractivity contribution is -0.282. The summed E-state index contributed by atoms with van der Waals surface area (Å²) in [5.41, 5.74) is 2.19. The van der Waals surface area contributed by atoms with Gasteiger partial charge < -0.3 is 19.6 Å². The lowest BCUT2D eigenvalue weighted by Crippen LogP contribution is -2.45. The Morgan fingerprint density at radius 2 is 2.04 bits per heavy atom. The molecule has 0 bridgehead atoms. The third kappa shape index (κ3) is 3.09. The summed E-state index contributed by atoms with van der Waals surface area (Å²) in [5, 5.41) is 11.2. The summed E-state index contributed by atoms with van der Waals surface area (Å²) in [4.78, 5) is 20.6. The van der Waals surface area contributed by atoms with Gasteiger partial charge in [0, 0.05) is 18.0 Å². The number of nitrogens with one attached hydrogen (secondary N) is 1.